The second-order valence-corrected chi connectivity index (χ2v) is 7.84. The Hall–Kier alpha value is -2.43. The van der Waals surface area contributed by atoms with Crippen LogP contribution in [0.4, 0.5) is 5.69 Å². The highest BCUT2D eigenvalue weighted by Gasteiger charge is 2.31. The molecule has 0 radical (unpaired) electrons. The van der Waals surface area contributed by atoms with Crippen LogP contribution in [-0.4, -0.2) is 61.0 Å². The number of hydrogen-bond donors (Lipinski definition) is 0. The van der Waals surface area contributed by atoms with Gasteiger partial charge in [-0.05, 0) is 30.5 Å². The molecule has 0 unspecified atom stereocenters. The van der Waals surface area contributed by atoms with Crippen LogP contribution in [0.15, 0.2) is 60.7 Å². The lowest BCUT2D eigenvalue weighted by molar-refractivity contribution is -0.120. The molecule has 2 aromatic rings. The second-order valence-electron chi connectivity index (χ2n) is 7.84. The first-order chi connectivity index (χ1) is 13.7. The molecule has 1 amide bonds. The van der Waals surface area contributed by atoms with Crippen LogP contribution in [0.5, 0.6) is 0 Å². The number of nitrogens with zero attached hydrogens (tertiary/aromatic N) is 3. The zero-order valence-electron chi connectivity index (χ0n) is 16.6. The molecule has 0 saturated carbocycles. The number of carbonyl (C=O) groups is 1. The third-order valence-corrected chi connectivity index (χ3v) is 5.77. The number of carbonyl (C=O) groups excluding carboxylic acids is 1. The number of piperazine rings is 1. The van der Waals surface area contributed by atoms with E-state index in [1.165, 1.54) is 11.1 Å². The smallest absolute Gasteiger partial charge is 0.241 e. The van der Waals surface area contributed by atoms with E-state index in [1.807, 2.05) is 17.0 Å². The molecule has 1 saturated heterocycles. The van der Waals surface area contributed by atoms with Crippen LogP contribution in [0.3, 0.4) is 0 Å². The van der Waals surface area contributed by atoms with Gasteiger partial charge < -0.3 is 4.90 Å². The summed E-state index contributed by atoms with van der Waals surface area (Å²) < 4.78 is 0. The van der Waals surface area contributed by atoms with Gasteiger partial charge in [-0.3, -0.25) is 14.6 Å². The maximum Gasteiger partial charge on any atom is 0.241 e. The fourth-order valence-corrected chi connectivity index (χ4v) is 4.25. The molecule has 0 aliphatic carbocycles. The number of benzene rings is 2. The van der Waals surface area contributed by atoms with Crippen molar-refractivity contribution >= 4 is 17.7 Å². The lowest BCUT2D eigenvalue weighted by Crippen LogP contribution is -2.50. The monoisotopic (exact) mass is 375 g/mol. The van der Waals surface area contributed by atoms with Gasteiger partial charge in [0.1, 0.15) is 0 Å². The number of fused-ring (bicyclic) bond motifs is 1. The van der Waals surface area contributed by atoms with E-state index in [-0.39, 0.29) is 11.9 Å². The summed E-state index contributed by atoms with van der Waals surface area (Å²) in [6.07, 6.45) is 5.38. The largest absolute Gasteiger partial charge is 0.308 e. The fourth-order valence-electron chi connectivity index (χ4n) is 4.25. The lowest BCUT2D eigenvalue weighted by atomic mass is 10.1. The molecular weight excluding hydrogens is 346 g/mol. The maximum atomic E-state index is 13.0. The predicted octanol–water partition coefficient (Wildman–Crippen LogP) is 3.30. The first-order valence-electron chi connectivity index (χ1n) is 10.3. The minimum absolute atomic E-state index is 0.231. The topological polar surface area (TPSA) is 26.8 Å². The Labute approximate surface area is 168 Å². The van der Waals surface area contributed by atoms with Gasteiger partial charge in [0.15, 0.2) is 0 Å². The van der Waals surface area contributed by atoms with Crippen molar-refractivity contribution in [3.05, 3.63) is 71.8 Å². The number of para-hydroxylation sites is 1. The average molecular weight is 376 g/mol. The maximum absolute atomic E-state index is 13.0. The number of amides is 1. The molecule has 0 bridgehead atoms. The van der Waals surface area contributed by atoms with Gasteiger partial charge >= 0.3 is 0 Å². The summed E-state index contributed by atoms with van der Waals surface area (Å²) in [5.41, 5.74) is 3.63. The second kappa shape index (κ2) is 8.72. The number of hydrogen-bond acceptors (Lipinski definition) is 3. The summed E-state index contributed by atoms with van der Waals surface area (Å²) >= 11 is 0. The van der Waals surface area contributed by atoms with Crippen molar-refractivity contribution in [1.29, 1.82) is 0 Å². The number of anilines is 1. The lowest BCUT2D eigenvalue weighted by Gasteiger charge is -2.35. The molecule has 0 spiro atoms. The van der Waals surface area contributed by atoms with Crippen molar-refractivity contribution < 1.29 is 4.79 Å². The molecule has 146 valence electrons. The molecular formula is C24H29N3O. The summed E-state index contributed by atoms with van der Waals surface area (Å²) in [5, 5.41) is 0. The van der Waals surface area contributed by atoms with E-state index in [2.05, 4.69) is 71.3 Å². The van der Waals surface area contributed by atoms with E-state index < -0.39 is 0 Å². The summed E-state index contributed by atoms with van der Waals surface area (Å²) in [7, 11) is 0. The van der Waals surface area contributed by atoms with E-state index in [0.29, 0.717) is 6.54 Å². The van der Waals surface area contributed by atoms with Gasteiger partial charge in [-0.15, -0.1) is 0 Å². The van der Waals surface area contributed by atoms with Crippen molar-refractivity contribution in [2.75, 3.05) is 44.2 Å². The molecule has 0 N–H and O–H groups in total. The summed E-state index contributed by atoms with van der Waals surface area (Å²) in [6, 6.07) is 19.0. The van der Waals surface area contributed by atoms with E-state index >= 15 is 0 Å². The van der Waals surface area contributed by atoms with Gasteiger partial charge in [-0.1, -0.05) is 60.7 Å². The molecule has 4 nitrogen and oxygen atoms in total. The number of rotatable bonds is 5. The van der Waals surface area contributed by atoms with Gasteiger partial charge in [0, 0.05) is 44.5 Å². The van der Waals surface area contributed by atoms with Crippen LogP contribution in [-0.2, 0) is 11.2 Å². The molecule has 2 aromatic carbocycles. The Morgan fingerprint density at radius 2 is 1.64 bits per heavy atom. The SMILES string of the molecule is C[C@H]1Cc2ccccc2N1C(=O)CN1CCN(C/C=C/c2ccccc2)CC1. The zero-order valence-corrected chi connectivity index (χ0v) is 16.6. The highest BCUT2D eigenvalue weighted by atomic mass is 16.2. The Morgan fingerprint density at radius 3 is 2.43 bits per heavy atom. The minimum Gasteiger partial charge on any atom is -0.308 e. The van der Waals surface area contributed by atoms with Crippen molar-refractivity contribution in [2.24, 2.45) is 0 Å². The highest BCUT2D eigenvalue weighted by Crippen LogP contribution is 2.31. The highest BCUT2D eigenvalue weighted by molar-refractivity contribution is 5.97. The van der Waals surface area contributed by atoms with Gasteiger partial charge in [0.25, 0.3) is 0 Å². The zero-order chi connectivity index (χ0) is 19.3. The van der Waals surface area contributed by atoms with Crippen LogP contribution in [0.25, 0.3) is 6.08 Å². The molecule has 2 heterocycles. The van der Waals surface area contributed by atoms with E-state index in [1.54, 1.807) is 0 Å². The first-order valence-corrected chi connectivity index (χ1v) is 10.3. The summed E-state index contributed by atoms with van der Waals surface area (Å²) in [4.78, 5) is 19.7. The summed E-state index contributed by atoms with van der Waals surface area (Å²) in [5.74, 6) is 0.231. The van der Waals surface area contributed by atoms with Crippen molar-refractivity contribution in [3.8, 4) is 0 Å². The molecule has 1 fully saturated rings. The van der Waals surface area contributed by atoms with Crippen molar-refractivity contribution in [3.63, 3.8) is 0 Å². The molecule has 4 heteroatoms. The minimum atomic E-state index is 0.231. The molecule has 28 heavy (non-hydrogen) atoms. The van der Waals surface area contributed by atoms with Crippen LogP contribution in [0.1, 0.15) is 18.1 Å². The molecule has 4 rings (SSSR count). The molecule has 1 atom stereocenters. The van der Waals surface area contributed by atoms with Crippen LogP contribution >= 0.6 is 0 Å². The van der Waals surface area contributed by atoms with Gasteiger partial charge in [0.05, 0.1) is 6.54 Å². The third kappa shape index (κ3) is 4.34. The normalized spacial score (nSPS) is 20.6. The van der Waals surface area contributed by atoms with E-state index in [0.717, 1.165) is 44.8 Å². The quantitative estimate of drug-likeness (QED) is 0.802. The van der Waals surface area contributed by atoms with E-state index in [4.69, 9.17) is 0 Å². The van der Waals surface area contributed by atoms with Crippen molar-refractivity contribution in [1.82, 2.24) is 9.80 Å². The molecule has 2 aliphatic rings. The Morgan fingerprint density at radius 1 is 0.964 bits per heavy atom. The van der Waals surface area contributed by atoms with Crippen LogP contribution < -0.4 is 4.90 Å². The average Bonchev–Trinajstić information content (AvgIpc) is 3.06. The van der Waals surface area contributed by atoms with Gasteiger partial charge in [-0.2, -0.15) is 0 Å². The first kappa shape index (κ1) is 18.9. The van der Waals surface area contributed by atoms with Crippen molar-refractivity contribution in [2.45, 2.75) is 19.4 Å². The van der Waals surface area contributed by atoms with Gasteiger partial charge in [-0.25, -0.2) is 0 Å². The van der Waals surface area contributed by atoms with Crippen LogP contribution in [0, 0.1) is 0 Å². The predicted molar refractivity (Wildman–Crippen MR) is 115 cm³/mol. The van der Waals surface area contributed by atoms with Crippen LogP contribution in [0.2, 0.25) is 0 Å². The summed E-state index contributed by atoms with van der Waals surface area (Å²) in [6.45, 7) is 7.56. The fraction of sp³-hybridized carbons (Fsp3) is 0.375. The Kier molecular flexibility index (Phi) is 5.89. The third-order valence-electron chi connectivity index (χ3n) is 5.77. The molecule has 2 aliphatic heterocycles. The standard InChI is InChI=1S/C24H29N3O/c1-20-18-22-11-5-6-12-23(22)27(20)24(28)19-26-16-14-25(15-17-26)13-7-10-21-8-3-2-4-9-21/h2-12,20H,13-19H2,1H3/b10-7+/t20-/m0/s1. The molecule has 0 aromatic heterocycles. The Balaban J connectivity index is 1.25. The Bertz CT molecular complexity index is 825. The van der Waals surface area contributed by atoms with E-state index in [9.17, 15) is 4.79 Å². The van der Waals surface area contributed by atoms with Gasteiger partial charge in [0.2, 0.25) is 5.91 Å².